The van der Waals surface area contributed by atoms with Crippen LogP contribution in [0.1, 0.15) is 12.5 Å². The lowest BCUT2D eigenvalue weighted by Crippen LogP contribution is -1.80. The molecule has 0 aliphatic carbocycles. The van der Waals surface area contributed by atoms with E-state index in [1.54, 1.807) is 0 Å². The Labute approximate surface area is 101 Å². The smallest absolute Gasteiger partial charge is 0.0711 e. The summed E-state index contributed by atoms with van der Waals surface area (Å²) in [6.45, 7) is 2.21. The average Bonchev–Trinajstić information content (AvgIpc) is 2.57. The first-order valence-corrected chi connectivity index (χ1v) is 7.34. The molecule has 3 heteroatoms. The lowest BCUT2D eigenvalue weighted by atomic mass is 10.1. The van der Waals surface area contributed by atoms with Gasteiger partial charge in [-0.05, 0) is 46.3 Å². The number of fused-ring (bicyclic) bond motifs is 1. The number of hydrogen-bond donors (Lipinski definition) is 0. The minimum atomic E-state index is 1.11. The van der Waals surface area contributed by atoms with Gasteiger partial charge in [0.15, 0.2) is 0 Å². The molecular formula is C11H11BrS2. The highest BCUT2D eigenvalue weighted by Gasteiger charge is 2.07. The van der Waals surface area contributed by atoms with Gasteiger partial charge in [0.1, 0.15) is 0 Å². The van der Waals surface area contributed by atoms with Crippen LogP contribution in [0.25, 0.3) is 10.1 Å². The van der Waals surface area contributed by atoms with Gasteiger partial charge < -0.3 is 0 Å². The van der Waals surface area contributed by atoms with E-state index in [4.69, 9.17) is 0 Å². The van der Waals surface area contributed by atoms with E-state index in [2.05, 4.69) is 47.3 Å². The fourth-order valence-corrected chi connectivity index (χ4v) is 3.94. The third-order valence-corrected chi connectivity index (χ3v) is 4.81. The molecule has 0 unspecified atom stereocenters. The normalized spacial score (nSPS) is 11.1. The number of aryl methyl sites for hydroxylation is 1. The molecule has 0 N–H and O–H groups in total. The van der Waals surface area contributed by atoms with Crippen LogP contribution in [0.5, 0.6) is 0 Å². The predicted molar refractivity (Wildman–Crippen MR) is 70.7 cm³/mol. The summed E-state index contributed by atoms with van der Waals surface area (Å²) in [5.41, 5.74) is 1.45. The standard InChI is InChI=1S/C11H11BrS2/c1-3-7-4-5-9(13-2)8-6-10(12)14-11(7)8/h4-6H,3H2,1-2H3. The van der Waals surface area contributed by atoms with E-state index >= 15 is 0 Å². The minimum absolute atomic E-state index is 1.11. The Bertz CT molecular complexity index is 419. The molecule has 0 radical (unpaired) electrons. The molecule has 0 spiro atoms. The number of thiophene rings is 1. The summed E-state index contributed by atoms with van der Waals surface area (Å²) < 4.78 is 2.66. The molecule has 1 heterocycles. The highest BCUT2D eigenvalue weighted by molar-refractivity contribution is 9.11. The molecule has 2 rings (SSSR count). The molecule has 0 nitrogen and oxygen atoms in total. The van der Waals surface area contributed by atoms with Gasteiger partial charge in [-0.25, -0.2) is 0 Å². The van der Waals surface area contributed by atoms with E-state index in [0.29, 0.717) is 0 Å². The summed E-state index contributed by atoms with van der Waals surface area (Å²) >= 11 is 7.21. The van der Waals surface area contributed by atoms with Crippen LogP contribution in [-0.4, -0.2) is 6.26 Å². The van der Waals surface area contributed by atoms with Crippen molar-refractivity contribution >= 4 is 49.1 Å². The Morgan fingerprint density at radius 2 is 2.21 bits per heavy atom. The topological polar surface area (TPSA) is 0 Å². The maximum Gasteiger partial charge on any atom is 0.0711 e. The first kappa shape index (κ1) is 10.5. The van der Waals surface area contributed by atoms with E-state index in [1.165, 1.54) is 24.3 Å². The summed E-state index contributed by atoms with van der Waals surface area (Å²) in [6, 6.07) is 6.70. The second kappa shape index (κ2) is 4.25. The van der Waals surface area contributed by atoms with Crippen molar-refractivity contribution in [1.29, 1.82) is 0 Å². The number of thioether (sulfide) groups is 1. The Hall–Kier alpha value is 0.01000. The zero-order valence-corrected chi connectivity index (χ0v) is 11.4. The lowest BCUT2D eigenvalue weighted by Gasteiger charge is -2.02. The number of hydrogen-bond acceptors (Lipinski definition) is 2. The van der Waals surface area contributed by atoms with Gasteiger partial charge in [-0.3, -0.25) is 0 Å². The van der Waals surface area contributed by atoms with Gasteiger partial charge in [-0.15, -0.1) is 23.1 Å². The van der Waals surface area contributed by atoms with E-state index in [-0.39, 0.29) is 0 Å². The molecule has 14 heavy (non-hydrogen) atoms. The van der Waals surface area contributed by atoms with Crippen LogP contribution < -0.4 is 0 Å². The van der Waals surface area contributed by atoms with Crippen molar-refractivity contribution in [3.05, 3.63) is 27.5 Å². The van der Waals surface area contributed by atoms with Crippen molar-refractivity contribution in [2.24, 2.45) is 0 Å². The van der Waals surface area contributed by atoms with Gasteiger partial charge in [-0.2, -0.15) is 0 Å². The quantitative estimate of drug-likeness (QED) is 0.704. The van der Waals surface area contributed by atoms with Gasteiger partial charge in [0.25, 0.3) is 0 Å². The number of benzene rings is 1. The van der Waals surface area contributed by atoms with Gasteiger partial charge in [-0.1, -0.05) is 13.0 Å². The Balaban J connectivity index is 2.77. The first-order chi connectivity index (χ1) is 6.76. The van der Waals surface area contributed by atoms with E-state index in [0.717, 1.165) is 6.42 Å². The molecule has 0 saturated carbocycles. The van der Waals surface area contributed by atoms with Crippen LogP contribution in [0.2, 0.25) is 0 Å². The highest BCUT2D eigenvalue weighted by Crippen LogP contribution is 2.37. The molecule has 0 saturated heterocycles. The van der Waals surface area contributed by atoms with Gasteiger partial charge in [0, 0.05) is 15.0 Å². The van der Waals surface area contributed by atoms with E-state index in [9.17, 15) is 0 Å². The van der Waals surface area contributed by atoms with Crippen molar-refractivity contribution in [3.63, 3.8) is 0 Å². The van der Waals surface area contributed by atoms with Crippen LogP contribution >= 0.6 is 39.0 Å². The molecule has 0 atom stereocenters. The Morgan fingerprint density at radius 1 is 1.43 bits per heavy atom. The summed E-state index contributed by atoms with van der Waals surface area (Å²) in [5, 5.41) is 1.40. The lowest BCUT2D eigenvalue weighted by molar-refractivity contribution is 1.16. The molecule has 0 amide bonds. The SMILES string of the molecule is CCc1ccc(SC)c2cc(Br)sc12. The van der Waals surface area contributed by atoms with Crippen LogP contribution in [0.15, 0.2) is 26.9 Å². The van der Waals surface area contributed by atoms with Gasteiger partial charge >= 0.3 is 0 Å². The van der Waals surface area contributed by atoms with Crippen LogP contribution in [0, 0.1) is 0 Å². The molecule has 1 aromatic carbocycles. The third-order valence-electron chi connectivity index (χ3n) is 2.30. The highest BCUT2D eigenvalue weighted by atomic mass is 79.9. The van der Waals surface area contributed by atoms with Crippen molar-refractivity contribution in [3.8, 4) is 0 Å². The molecule has 1 aromatic heterocycles. The molecule has 0 fully saturated rings. The minimum Gasteiger partial charge on any atom is -0.129 e. The monoisotopic (exact) mass is 286 g/mol. The summed E-state index contributed by atoms with van der Waals surface area (Å²) in [5.74, 6) is 0. The number of rotatable bonds is 2. The fourth-order valence-electron chi connectivity index (χ4n) is 1.58. The van der Waals surface area contributed by atoms with Gasteiger partial charge in [0.05, 0.1) is 3.79 Å². The largest absolute Gasteiger partial charge is 0.129 e. The van der Waals surface area contributed by atoms with Crippen molar-refractivity contribution in [2.45, 2.75) is 18.2 Å². The summed E-state index contributed by atoms with van der Waals surface area (Å²) in [6.07, 6.45) is 3.24. The van der Waals surface area contributed by atoms with E-state index < -0.39 is 0 Å². The molecular weight excluding hydrogens is 276 g/mol. The first-order valence-electron chi connectivity index (χ1n) is 4.51. The fraction of sp³-hybridized carbons (Fsp3) is 0.273. The van der Waals surface area contributed by atoms with Crippen LogP contribution in [-0.2, 0) is 6.42 Å². The van der Waals surface area contributed by atoms with E-state index in [1.807, 2.05) is 23.1 Å². The average molecular weight is 287 g/mol. The van der Waals surface area contributed by atoms with Crippen molar-refractivity contribution in [1.82, 2.24) is 0 Å². The Morgan fingerprint density at radius 3 is 2.86 bits per heavy atom. The zero-order chi connectivity index (χ0) is 10.1. The molecule has 0 bridgehead atoms. The zero-order valence-electron chi connectivity index (χ0n) is 8.13. The second-order valence-corrected chi connectivity index (χ2v) is 6.35. The summed E-state index contributed by atoms with van der Waals surface area (Å²) in [4.78, 5) is 1.37. The second-order valence-electron chi connectivity index (χ2n) is 3.07. The van der Waals surface area contributed by atoms with Crippen LogP contribution in [0.3, 0.4) is 0 Å². The third kappa shape index (κ3) is 1.73. The predicted octanol–water partition coefficient (Wildman–Crippen LogP) is 4.95. The molecule has 2 aromatic rings. The van der Waals surface area contributed by atoms with Gasteiger partial charge in [0.2, 0.25) is 0 Å². The molecule has 0 aliphatic rings. The van der Waals surface area contributed by atoms with Crippen molar-refractivity contribution < 1.29 is 0 Å². The van der Waals surface area contributed by atoms with Crippen molar-refractivity contribution in [2.75, 3.05) is 6.26 Å². The number of halogens is 1. The maximum absolute atomic E-state index is 3.56. The maximum atomic E-state index is 3.56. The molecule has 0 aliphatic heterocycles. The molecule has 74 valence electrons. The van der Waals surface area contributed by atoms with Crippen LogP contribution in [0.4, 0.5) is 0 Å². The Kier molecular flexibility index (Phi) is 3.20. The summed E-state index contributed by atoms with van der Waals surface area (Å²) in [7, 11) is 0.